The van der Waals surface area contributed by atoms with Crippen molar-refractivity contribution in [2.24, 2.45) is 5.92 Å². The van der Waals surface area contributed by atoms with Crippen LogP contribution in [0, 0.1) is 17.6 Å². The molecule has 0 amide bonds. The van der Waals surface area contributed by atoms with E-state index >= 15 is 0 Å². The summed E-state index contributed by atoms with van der Waals surface area (Å²) in [5, 5.41) is 9.56. The van der Waals surface area contributed by atoms with E-state index in [1.807, 2.05) is 13.8 Å². The quantitative estimate of drug-likeness (QED) is 0.838. The van der Waals surface area contributed by atoms with Gasteiger partial charge in [-0.3, -0.25) is 0 Å². The molecular formula is C12H17F2NO3S. The Morgan fingerprint density at radius 1 is 1.32 bits per heavy atom. The van der Waals surface area contributed by atoms with Gasteiger partial charge in [0.25, 0.3) is 0 Å². The first kappa shape index (κ1) is 16.0. The van der Waals surface area contributed by atoms with Crippen LogP contribution in [0.3, 0.4) is 0 Å². The lowest BCUT2D eigenvalue weighted by atomic mass is 10.1. The Balaban J connectivity index is 2.76. The summed E-state index contributed by atoms with van der Waals surface area (Å²) >= 11 is 0. The van der Waals surface area contributed by atoms with Crippen molar-refractivity contribution in [2.75, 3.05) is 6.54 Å². The molecule has 1 aromatic rings. The lowest BCUT2D eigenvalue weighted by Crippen LogP contribution is -2.33. The van der Waals surface area contributed by atoms with Gasteiger partial charge in [-0.05, 0) is 24.5 Å². The van der Waals surface area contributed by atoms with E-state index < -0.39 is 32.7 Å². The fourth-order valence-corrected chi connectivity index (χ4v) is 2.73. The molecule has 0 saturated heterocycles. The first-order valence-electron chi connectivity index (χ1n) is 5.85. The van der Waals surface area contributed by atoms with E-state index in [1.54, 1.807) is 0 Å². The minimum atomic E-state index is -4.09. The summed E-state index contributed by atoms with van der Waals surface area (Å²) in [5.74, 6) is -1.80. The maximum Gasteiger partial charge on any atom is 0.243 e. The van der Waals surface area contributed by atoms with Crippen LogP contribution in [0.5, 0.6) is 0 Å². The summed E-state index contributed by atoms with van der Waals surface area (Å²) in [4.78, 5) is -0.634. The van der Waals surface area contributed by atoms with E-state index in [9.17, 15) is 22.3 Å². The highest BCUT2D eigenvalue weighted by atomic mass is 32.2. The number of aliphatic hydroxyl groups is 1. The molecule has 1 atom stereocenters. The molecule has 7 heteroatoms. The van der Waals surface area contributed by atoms with Crippen LogP contribution < -0.4 is 4.72 Å². The molecule has 1 aromatic carbocycles. The molecule has 0 saturated carbocycles. The number of rotatable bonds is 6. The third-order valence-corrected chi connectivity index (χ3v) is 3.89. The molecule has 0 aliphatic carbocycles. The van der Waals surface area contributed by atoms with Crippen molar-refractivity contribution < 1.29 is 22.3 Å². The molecule has 0 aliphatic rings. The maximum atomic E-state index is 13.4. The zero-order chi connectivity index (χ0) is 14.6. The van der Waals surface area contributed by atoms with Crippen LogP contribution in [-0.2, 0) is 10.0 Å². The number of hydrogen-bond acceptors (Lipinski definition) is 3. The molecule has 0 aromatic heterocycles. The Labute approximate surface area is 111 Å². The normalized spacial score (nSPS) is 13.8. The predicted molar refractivity (Wildman–Crippen MR) is 67.0 cm³/mol. The standard InChI is InChI=1S/C12H17F2NO3S/c1-8(2)5-10(16)7-15-19(17,18)12-4-3-9(13)6-11(12)14/h3-4,6,8,10,15-16H,5,7H2,1-2H3. The second kappa shape index (κ2) is 6.40. The van der Waals surface area contributed by atoms with E-state index in [1.165, 1.54) is 0 Å². The molecule has 108 valence electrons. The Morgan fingerprint density at radius 3 is 2.47 bits per heavy atom. The molecule has 19 heavy (non-hydrogen) atoms. The summed E-state index contributed by atoms with van der Waals surface area (Å²) in [5.41, 5.74) is 0. The number of hydrogen-bond donors (Lipinski definition) is 2. The van der Waals surface area contributed by atoms with Gasteiger partial charge in [0.1, 0.15) is 16.5 Å². The molecule has 0 fully saturated rings. The molecule has 0 bridgehead atoms. The van der Waals surface area contributed by atoms with Crippen molar-refractivity contribution in [2.45, 2.75) is 31.3 Å². The highest BCUT2D eigenvalue weighted by Crippen LogP contribution is 2.15. The largest absolute Gasteiger partial charge is 0.392 e. The van der Waals surface area contributed by atoms with Gasteiger partial charge < -0.3 is 5.11 Å². The van der Waals surface area contributed by atoms with Crippen LogP contribution >= 0.6 is 0 Å². The summed E-state index contributed by atoms with van der Waals surface area (Å²) in [6, 6.07) is 2.21. The van der Waals surface area contributed by atoms with Crippen LogP contribution in [0.25, 0.3) is 0 Å². The molecular weight excluding hydrogens is 276 g/mol. The predicted octanol–water partition coefficient (Wildman–Crippen LogP) is 1.65. The fourth-order valence-electron chi connectivity index (χ4n) is 1.60. The average molecular weight is 293 g/mol. The molecule has 1 rings (SSSR count). The number of benzene rings is 1. The zero-order valence-electron chi connectivity index (χ0n) is 10.7. The number of aliphatic hydroxyl groups excluding tert-OH is 1. The number of nitrogens with one attached hydrogen (secondary N) is 1. The van der Waals surface area contributed by atoms with Crippen LogP contribution in [0.15, 0.2) is 23.1 Å². The second-order valence-corrected chi connectivity index (χ2v) is 6.45. The summed E-state index contributed by atoms with van der Waals surface area (Å²) in [7, 11) is -4.09. The van der Waals surface area contributed by atoms with Gasteiger partial charge in [-0.1, -0.05) is 13.8 Å². The van der Waals surface area contributed by atoms with Crippen molar-refractivity contribution in [3.63, 3.8) is 0 Å². The lowest BCUT2D eigenvalue weighted by Gasteiger charge is -2.14. The summed E-state index contributed by atoms with van der Waals surface area (Å²) < 4.78 is 51.7. The van der Waals surface area contributed by atoms with Gasteiger partial charge in [0.15, 0.2) is 0 Å². The van der Waals surface area contributed by atoms with Gasteiger partial charge in [0.05, 0.1) is 6.10 Å². The van der Waals surface area contributed by atoms with E-state index in [0.29, 0.717) is 12.5 Å². The van der Waals surface area contributed by atoms with Crippen LogP contribution in [-0.4, -0.2) is 26.2 Å². The Kier molecular flexibility index (Phi) is 5.39. The van der Waals surface area contributed by atoms with Crippen molar-refractivity contribution >= 4 is 10.0 Å². The monoisotopic (exact) mass is 293 g/mol. The van der Waals surface area contributed by atoms with E-state index in [2.05, 4.69) is 4.72 Å². The highest BCUT2D eigenvalue weighted by molar-refractivity contribution is 7.89. The lowest BCUT2D eigenvalue weighted by molar-refractivity contribution is 0.152. The van der Waals surface area contributed by atoms with Crippen LogP contribution in [0.2, 0.25) is 0 Å². The van der Waals surface area contributed by atoms with E-state index in [0.717, 1.165) is 12.1 Å². The first-order chi connectivity index (χ1) is 8.72. The van der Waals surface area contributed by atoms with Gasteiger partial charge >= 0.3 is 0 Å². The molecule has 2 N–H and O–H groups in total. The minimum Gasteiger partial charge on any atom is -0.392 e. The smallest absolute Gasteiger partial charge is 0.243 e. The van der Waals surface area contributed by atoms with Crippen LogP contribution in [0.4, 0.5) is 8.78 Å². The third kappa shape index (κ3) is 4.85. The molecule has 0 radical (unpaired) electrons. The molecule has 1 unspecified atom stereocenters. The van der Waals surface area contributed by atoms with Gasteiger partial charge in [0.2, 0.25) is 10.0 Å². The van der Waals surface area contributed by atoms with Gasteiger partial charge in [0, 0.05) is 12.6 Å². The van der Waals surface area contributed by atoms with Gasteiger partial charge in [-0.25, -0.2) is 21.9 Å². The van der Waals surface area contributed by atoms with Crippen molar-refractivity contribution in [3.8, 4) is 0 Å². The molecule has 0 aliphatic heterocycles. The van der Waals surface area contributed by atoms with Gasteiger partial charge in [-0.15, -0.1) is 0 Å². The highest BCUT2D eigenvalue weighted by Gasteiger charge is 2.20. The molecule has 0 heterocycles. The molecule has 0 spiro atoms. The Hall–Kier alpha value is -1.05. The average Bonchev–Trinajstić information content (AvgIpc) is 2.25. The van der Waals surface area contributed by atoms with Crippen molar-refractivity contribution in [3.05, 3.63) is 29.8 Å². The fraction of sp³-hybridized carbons (Fsp3) is 0.500. The SMILES string of the molecule is CC(C)CC(O)CNS(=O)(=O)c1ccc(F)cc1F. The summed E-state index contributed by atoms with van der Waals surface area (Å²) in [6.07, 6.45) is -0.424. The zero-order valence-corrected chi connectivity index (χ0v) is 11.5. The molecule has 4 nitrogen and oxygen atoms in total. The van der Waals surface area contributed by atoms with E-state index in [-0.39, 0.29) is 12.5 Å². The summed E-state index contributed by atoms with van der Waals surface area (Å²) in [6.45, 7) is 3.56. The van der Waals surface area contributed by atoms with Crippen molar-refractivity contribution in [1.82, 2.24) is 4.72 Å². The van der Waals surface area contributed by atoms with Gasteiger partial charge in [-0.2, -0.15) is 0 Å². The number of sulfonamides is 1. The van der Waals surface area contributed by atoms with Crippen LogP contribution in [0.1, 0.15) is 20.3 Å². The second-order valence-electron chi connectivity index (χ2n) is 4.71. The topological polar surface area (TPSA) is 66.4 Å². The number of halogens is 2. The Bertz CT molecular complexity index is 532. The third-order valence-electron chi connectivity index (χ3n) is 2.44. The maximum absolute atomic E-state index is 13.4. The minimum absolute atomic E-state index is 0.210. The first-order valence-corrected chi connectivity index (χ1v) is 7.33. The Morgan fingerprint density at radius 2 is 1.95 bits per heavy atom. The van der Waals surface area contributed by atoms with E-state index in [4.69, 9.17) is 0 Å². The van der Waals surface area contributed by atoms with Crippen molar-refractivity contribution in [1.29, 1.82) is 0 Å².